The van der Waals surface area contributed by atoms with Crippen molar-refractivity contribution in [3.05, 3.63) is 34.9 Å². The number of rotatable bonds is 2. The van der Waals surface area contributed by atoms with Gasteiger partial charge in [0.2, 0.25) is 0 Å². The fourth-order valence-corrected chi connectivity index (χ4v) is 2.05. The van der Waals surface area contributed by atoms with E-state index in [1.807, 2.05) is 12.1 Å². The number of aliphatic hydroxyl groups excluding tert-OH is 2. The fourth-order valence-electron chi connectivity index (χ4n) is 2.05. The quantitative estimate of drug-likeness (QED) is 0.747. The molecule has 1 aromatic rings. The number of aliphatic hydroxyl groups is 2. The highest BCUT2D eigenvalue weighted by Gasteiger charge is 2.17. The van der Waals surface area contributed by atoms with E-state index in [4.69, 9.17) is 0 Å². The lowest BCUT2D eigenvalue weighted by molar-refractivity contribution is 0.0305. The van der Waals surface area contributed by atoms with Gasteiger partial charge in [-0.1, -0.05) is 18.2 Å². The van der Waals surface area contributed by atoms with Crippen LogP contribution in [-0.4, -0.2) is 16.3 Å². The third kappa shape index (κ3) is 1.68. The van der Waals surface area contributed by atoms with Crippen LogP contribution in [0.25, 0.3) is 0 Å². The molecule has 1 aliphatic rings. The summed E-state index contributed by atoms with van der Waals surface area (Å²) in [4.78, 5) is 0. The summed E-state index contributed by atoms with van der Waals surface area (Å²) in [5, 5.41) is 19.0. The van der Waals surface area contributed by atoms with Gasteiger partial charge in [-0.3, -0.25) is 0 Å². The van der Waals surface area contributed by atoms with Crippen molar-refractivity contribution in [1.29, 1.82) is 0 Å². The second-order valence-corrected chi connectivity index (χ2v) is 4.07. The van der Waals surface area contributed by atoms with E-state index in [1.165, 1.54) is 17.5 Å². The lowest BCUT2D eigenvalue weighted by atomic mass is 10.0. The zero-order chi connectivity index (χ0) is 10.1. The largest absolute Gasteiger partial charge is 0.390 e. The van der Waals surface area contributed by atoms with Crippen LogP contribution in [0.15, 0.2) is 18.2 Å². The monoisotopic (exact) mass is 192 g/mol. The van der Waals surface area contributed by atoms with Crippen molar-refractivity contribution in [3.63, 3.8) is 0 Å². The first-order valence-corrected chi connectivity index (χ1v) is 5.16. The SMILES string of the molecule is CC(O)C(O)c1ccc2c(c1)CCC2. The molecule has 2 atom stereocenters. The average Bonchev–Trinajstić information content (AvgIpc) is 2.62. The van der Waals surface area contributed by atoms with Gasteiger partial charge < -0.3 is 10.2 Å². The highest BCUT2D eigenvalue weighted by molar-refractivity contribution is 5.36. The van der Waals surface area contributed by atoms with Crippen LogP contribution >= 0.6 is 0 Å². The number of benzene rings is 1. The Hall–Kier alpha value is -0.860. The van der Waals surface area contributed by atoms with Crippen LogP contribution in [0.4, 0.5) is 0 Å². The standard InChI is InChI=1S/C12H16O2/c1-8(13)12(14)11-6-5-9-3-2-4-10(9)7-11/h5-8,12-14H,2-4H2,1H3. The molecule has 14 heavy (non-hydrogen) atoms. The van der Waals surface area contributed by atoms with Gasteiger partial charge in [0.1, 0.15) is 6.10 Å². The maximum Gasteiger partial charge on any atom is 0.105 e. The van der Waals surface area contributed by atoms with Crippen LogP contribution < -0.4 is 0 Å². The molecule has 1 aliphatic carbocycles. The molecule has 0 aromatic heterocycles. The molecule has 0 saturated heterocycles. The normalized spacial score (nSPS) is 19.1. The third-order valence-corrected chi connectivity index (χ3v) is 2.92. The molecule has 2 rings (SSSR count). The predicted molar refractivity (Wildman–Crippen MR) is 55.1 cm³/mol. The molecule has 76 valence electrons. The minimum Gasteiger partial charge on any atom is -0.390 e. The van der Waals surface area contributed by atoms with Gasteiger partial charge >= 0.3 is 0 Å². The van der Waals surface area contributed by atoms with E-state index in [1.54, 1.807) is 6.92 Å². The van der Waals surface area contributed by atoms with E-state index in [2.05, 4.69) is 6.07 Å². The van der Waals surface area contributed by atoms with Crippen molar-refractivity contribution >= 4 is 0 Å². The fraction of sp³-hybridized carbons (Fsp3) is 0.500. The van der Waals surface area contributed by atoms with Crippen LogP contribution in [0.5, 0.6) is 0 Å². The van der Waals surface area contributed by atoms with Crippen LogP contribution in [0.1, 0.15) is 36.1 Å². The van der Waals surface area contributed by atoms with Crippen molar-refractivity contribution in [2.75, 3.05) is 0 Å². The first-order chi connectivity index (χ1) is 6.68. The van der Waals surface area contributed by atoms with Crippen molar-refractivity contribution in [1.82, 2.24) is 0 Å². The summed E-state index contributed by atoms with van der Waals surface area (Å²) in [6.45, 7) is 1.61. The Morgan fingerprint density at radius 2 is 1.86 bits per heavy atom. The van der Waals surface area contributed by atoms with Crippen molar-refractivity contribution in [2.45, 2.75) is 38.4 Å². The molecular formula is C12H16O2. The maximum absolute atomic E-state index is 9.68. The Morgan fingerprint density at radius 1 is 1.14 bits per heavy atom. The molecule has 2 nitrogen and oxygen atoms in total. The number of hydrogen-bond donors (Lipinski definition) is 2. The van der Waals surface area contributed by atoms with Crippen LogP contribution in [-0.2, 0) is 12.8 Å². The van der Waals surface area contributed by atoms with Gasteiger partial charge in [0.15, 0.2) is 0 Å². The van der Waals surface area contributed by atoms with Gasteiger partial charge in [-0.25, -0.2) is 0 Å². The Kier molecular flexibility index (Phi) is 2.57. The Morgan fingerprint density at radius 3 is 2.57 bits per heavy atom. The molecule has 0 heterocycles. The van der Waals surface area contributed by atoms with E-state index >= 15 is 0 Å². The Bertz CT molecular complexity index is 331. The summed E-state index contributed by atoms with van der Waals surface area (Å²) in [6.07, 6.45) is 2.02. The smallest absolute Gasteiger partial charge is 0.105 e. The third-order valence-electron chi connectivity index (χ3n) is 2.92. The summed E-state index contributed by atoms with van der Waals surface area (Å²) < 4.78 is 0. The summed E-state index contributed by atoms with van der Waals surface area (Å²) in [6, 6.07) is 6.02. The molecular weight excluding hydrogens is 176 g/mol. The van der Waals surface area contributed by atoms with Crippen LogP contribution in [0, 0.1) is 0 Å². The molecule has 0 aliphatic heterocycles. The summed E-state index contributed by atoms with van der Waals surface area (Å²) in [7, 11) is 0. The van der Waals surface area contributed by atoms with Gasteiger partial charge in [0, 0.05) is 0 Å². The Labute approximate surface area is 84.2 Å². The number of fused-ring (bicyclic) bond motifs is 1. The topological polar surface area (TPSA) is 40.5 Å². The van der Waals surface area contributed by atoms with E-state index < -0.39 is 12.2 Å². The predicted octanol–water partition coefficient (Wildman–Crippen LogP) is 1.59. The molecule has 0 amide bonds. The highest BCUT2D eigenvalue weighted by Crippen LogP contribution is 2.26. The second kappa shape index (κ2) is 3.71. The molecule has 2 N–H and O–H groups in total. The van der Waals surface area contributed by atoms with Crippen molar-refractivity contribution in [3.8, 4) is 0 Å². The van der Waals surface area contributed by atoms with Gasteiger partial charge in [-0.15, -0.1) is 0 Å². The zero-order valence-corrected chi connectivity index (χ0v) is 8.40. The average molecular weight is 192 g/mol. The molecule has 0 bridgehead atoms. The maximum atomic E-state index is 9.68. The number of aryl methyl sites for hydroxylation is 2. The van der Waals surface area contributed by atoms with Gasteiger partial charge in [-0.2, -0.15) is 0 Å². The zero-order valence-electron chi connectivity index (χ0n) is 8.40. The van der Waals surface area contributed by atoms with Gasteiger partial charge in [-0.05, 0) is 42.9 Å². The first kappa shape index (κ1) is 9.69. The summed E-state index contributed by atoms with van der Waals surface area (Å²) in [5.41, 5.74) is 3.56. The van der Waals surface area contributed by atoms with Crippen molar-refractivity contribution in [2.24, 2.45) is 0 Å². The lowest BCUT2D eigenvalue weighted by Crippen LogP contribution is -2.13. The van der Waals surface area contributed by atoms with E-state index in [9.17, 15) is 10.2 Å². The van der Waals surface area contributed by atoms with E-state index in [-0.39, 0.29) is 0 Å². The molecule has 0 spiro atoms. The lowest BCUT2D eigenvalue weighted by Gasteiger charge is -2.14. The number of hydrogen-bond acceptors (Lipinski definition) is 2. The summed E-state index contributed by atoms with van der Waals surface area (Å²) >= 11 is 0. The minimum absolute atomic E-state index is 0.700. The Balaban J connectivity index is 2.28. The highest BCUT2D eigenvalue weighted by atomic mass is 16.3. The second-order valence-electron chi connectivity index (χ2n) is 4.07. The molecule has 2 unspecified atom stereocenters. The first-order valence-electron chi connectivity index (χ1n) is 5.16. The molecule has 0 saturated carbocycles. The molecule has 2 heteroatoms. The molecule has 0 radical (unpaired) electrons. The summed E-state index contributed by atoms with van der Waals surface area (Å²) in [5.74, 6) is 0. The minimum atomic E-state index is -0.749. The van der Waals surface area contributed by atoms with Crippen LogP contribution in [0.2, 0.25) is 0 Å². The van der Waals surface area contributed by atoms with Gasteiger partial charge in [0.05, 0.1) is 6.10 Å². The van der Waals surface area contributed by atoms with Crippen LogP contribution in [0.3, 0.4) is 0 Å². The molecule has 1 aromatic carbocycles. The van der Waals surface area contributed by atoms with E-state index in [0.29, 0.717) is 0 Å². The van der Waals surface area contributed by atoms with E-state index in [0.717, 1.165) is 18.4 Å². The van der Waals surface area contributed by atoms with Crippen molar-refractivity contribution < 1.29 is 10.2 Å². The molecule has 0 fully saturated rings. The van der Waals surface area contributed by atoms with Gasteiger partial charge in [0.25, 0.3) is 0 Å².